The van der Waals surface area contributed by atoms with Crippen molar-refractivity contribution in [2.45, 2.75) is 264 Å². The quantitative estimate of drug-likeness (QED) is 0.0323. The molecule has 338 valence electrons. The maximum Gasteiger partial charge on any atom is 0.306 e. The first kappa shape index (κ1) is 55.8. The molecular weight excluding hydrogens is 719 g/mol. The number of amides is 1. The summed E-state index contributed by atoms with van der Waals surface area (Å²) in [6.07, 6.45) is 54.6. The number of aliphatic hydroxyl groups excluding tert-OH is 2. The minimum atomic E-state index is -0.794. The maximum atomic E-state index is 13.1. The summed E-state index contributed by atoms with van der Waals surface area (Å²) in [5, 5.41) is 23.6. The van der Waals surface area contributed by atoms with Crippen molar-refractivity contribution in [3.8, 4) is 0 Å². The summed E-state index contributed by atoms with van der Waals surface area (Å²) in [7, 11) is 0. The number of allylic oxidation sites excluding steroid dienone is 8. The number of carbonyl (C=O) groups excluding carboxylic acids is 2. The van der Waals surface area contributed by atoms with Gasteiger partial charge in [-0.2, -0.15) is 0 Å². The van der Waals surface area contributed by atoms with Crippen LogP contribution >= 0.6 is 0 Å². The standard InChI is InChI=1S/C52H95NO5/c1-4-7-10-13-16-19-21-22-23-24-25-26-27-28-30-33-36-39-42-45-52(57)58-48(43-40-37-34-32-29-20-17-14-11-8-5-2)46-51(56)53-49(47-54)50(55)44-41-38-35-31-18-15-12-9-6-3/h16,19,22-23,25-26,32,34,48-50,54-55H,4-15,17-18,20-21,24,27-31,33,35-47H2,1-3H3,(H,53,56)/b19-16-,23-22-,26-25-,34-32-. The molecule has 1 amide bonds. The predicted molar refractivity (Wildman–Crippen MR) is 250 cm³/mol. The van der Waals surface area contributed by atoms with Crippen LogP contribution in [-0.2, 0) is 14.3 Å². The second kappa shape index (κ2) is 45.9. The third kappa shape index (κ3) is 40.6. The van der Waals surface area contributed by atoms with Gasteiger partial charge in [0.25, 0.3) is 0 Å². The predicted octanol–water partition coefficient (Wildman–Crippen LogP) is 14.7. The Morgan fingerprint density at radius 1 is 0.500 bits per heavy atom. The monoisotopic (exact) mass is 814 g/mol. The maximum absolute atomic E-state index is 13.1. The largest absolute Gasteiger partial charge is 0.462 e. The summed E-state index contributed by atoms with van der Waals surface area (Å²) in [5.41, 5.74) is 0. The van der Waals surface area contributed by atoms with Crippen molar-refractivity contribution < 1.29 is 24.5 Å². The summed E-state index contributed by atoms with van der Waals surface area (Å²) in [4.78, 5) is 26.0. The van der Waals surface area contributed by atoms with Crippen molar-refractivity contribution in [3.63, 3.8) is 0 Å². The van der Waals surface area contributed by atoms with Gasteiger partial charge in [0.15, 0.2) is 0 Å². The molecule has 0 spiro atoms. The zero-order chi connectivity index (χ0) is 42.4. The van der Waals surface area contributed by atoms with Crippen LogP contribution in [0.15, 0.2) is 48.6 Å². The van der Waals surface area contributed by atoms with E-state index in [0.717, 1.165) is 77.0 Å². The number of rotatable bonds is 44. The van der Waals surface area contributed by atoms with Gasteiger partial charge in [-0.1, -0.05) is 198 Å². The molecule has 6 nitrogen and oxygen atoms in total. The molecular formula is C52H95NO5. The molecule has 6 heteroatoms. The Balaban J connectivity index is 4.55. The van der Waals surface area contributed by atoms with E-state index < -0.39 is 18.2 Å². The topological polar surface area (TPSA) is 95.9 Å². The fourth-order valence-corrected chi connectivity index (χ4v) is 7.32. The first-order valence-corrected chi connectivity index (χ1v) is 24.9. The van der Waals surface area contributed by atoms with Crippen LogP contribution in [0.5, 0.6) is 0 Å². The number of carbonyl (C=O) groups is 2. The number of hydrogen-bond donors (Lipinski definition) is 3. The fraction of sp³-hybridized carbons (Fsp3) is 0.808. The highest BCUT2D eigenvalue weighted by atomic mass is 16.5. The Hall–Kier alpha value is -2.18. The van der Waals surface area contributed by atoms with E-state index in [2.05, 4.69) is 74.7 Å². The number of unbranched alkanes of at least 4 members (excludes halogenated alkanes) is 24. The van der Waals surface area contributed by atoms with E-state index in [0.29, 0.717) is 19.3 Å². The van der Waals surface area contributed by atoms with Crippen LogP contribution in [-0.4, -0.2) is 46.9 Å². The average Bonchev–Trinajstić information content (AvgIpc) is 3.22. The molecule has 0 aliphatic heterocycles. The molecule has 0 aliphatic carbocycles. The SMILES string of the molecule is CCCCC/C=C\C/C=C\C/C=C\CCCCCCCCC(=O)OC(CCC/C=C\CCCCCCCC)CC(=O)NC(CO)C(O)CCCCCCCCCCC. The van der Waals surface area contributed by atoms with Gasteiger partial charge in [-0.25, -0.2) is 0 Å². The van der Waals surface area contributed by atoms with E-state index in [1.54, 1.807) is 0 Å². The van der Waals surface area contributed by atoms with E-state index in [4.69, 9.17) is 4.74 Å². The minimum Gasteiger partial charge on any atom is -0.462 e. The fourth-order valence-electron chi connectivity index (χ4n) is 7.32. The lowest BCUT2D eigenvalue weighted by atomic mass is 10.0. The number of hydrogen-bond acceptors (Lipinski definition) is 5. The summed E-state index contributed by atoms with van der Waals surface area (Å²) in [6, 6.07) is -0.710. The van der Waals surface area contributed by atoms with Crippen molar-refractivity contribution in [1.29, 1.82) is 0 Å². The summed E-state index contributed by atoms with van der Waals surface area (Å²) >= 11 is 0. The lowest BCUT2D eigenvalue weighted by Crippen LogP contribution is -2.46. The molecule has 0 radical (unpaired) electrons. The lowest BCUT2D eigenvalue weighted by Gasteiger charge is -2.24. The Morgan fingerprint density at radius 3 is 1.41 bits per heavy atom. The van der Waals surface area contributed by atoms with Gasteiger partial charge in [-0.15, -0.1) is 0 Å². The number of aliphatic hydroxyl groups is 2. The normalized spacial score (nSPS) is 13.7. The van der Waals surface area contributed by atoms with Crippen LogP contribution in [0.3, 0.4) is 0 Å². The zero-order valence-electron chi connectivity index (χ0n) is 38.4. The van der Waals surface area contributed by atoms with Gasteiger partial charge < -0.3 is 20.3 Å². The lowest BCUT2D eigenvalue weighted by molar-refractivity contribution is -0.151. The molecule has 0 saturated heterocycles. The van der Waals surface area contributed by atoms with Crippen LogP contribution in [0.1, 0.15) is 245 Å². The Bertz CT molecular complexity index is 1000. The molecule has 58 heavy (non-hydrogen) atoms. The summed E-state index contributed by atoms with van der Waals surface area (Å²) in [6.45, 7) is 6.41. The van der Waals surface area contributed by atoms with Gasteiger partial charge in [0, 0.05) is 6.42 Å². The number of esters is 1. The summed E-state index contributed by atoms with van der Waals surface area (Å²) < 4.78 is 5.89. The van der Waals surface area contributed by atoms with E-state index in [-0.39, 0.29) is 24.9 Å². The third-order valence-electron chi connectivity index (χ3n) is 11.1. The smallest absolute Gasteiger partial charge is 0.306 e. The van der Waals surface area contributed by atoms with Crippen LogP contribution in [0.25, 0.3) is 0 Å². The molecule has 0 fully saturated rings. The van der Waals surface area contributed by atoms with Crippen LogP contribution < -0.4 is 5.32 Å². The van der Waals surface area contributed by atoms with Gasteiger partial charge in [-0.3, -0.25) is 9.59 Å². The Labute approximate surface area is 359 Å². The minimum absolute atomic E-state index is 0.0513. The van der Waals surface area contributed by atoms with Crippen molar-refractivity contribution in [2.24, 2.45) is 0 Å². The van der Waals surface area contributed by atoms with E-state index in [1.165, 1.54) is 122 Å². The van der Waals surface area contributed by atoms with Gasteiger partial charge in [0.1, 0.15) is 6.10 Å². The Kier molecular flexibility index (Phi) is 44.2. The molecule has 3 atom stereocenters. The van der Waals surface area contributed by atoms with E-state index in [1.807, 2.05) is 0 Å². The van der Waals surface area contributed by atoms with Crippen molar-refractivity contribution >= 4 is 11.9 Å². The first-order chi connectivity index (χ1) is 28.5. The third-order valence-corrected chi connectivity index (χ3v) is 11.1. The molecule has 0 aromatic rings. The molecule has 0 aromatic heterocycles. The van der Waals surface area contributed by atoms with Crippen LogP contribution in [0, 0.1) is 0 Å². The summed E-state index contributed by atoms with van der Waals surface area (Å²) in [5.74, 6) is -0.517. The van der Waals surface area contributed by atoms with Gasteiger partial charge in [-0.05, 0) is 83.5 Å². The van der Waals surface area contributed by atoms with Gasteiger partial charge in [0.2, 0.25) is 5.91 Å². The van der Waals surface area contributed by atoms with Crippen molar-refractivity contribution in [3.05, 3.63) is 48.6 Å². The number of nitrogens with one attached hydrogen (secondary N) is 1. The van der Waals surface area contributed by atoms with Gasteiger partial charge >= 0.3 is 5.97 Å². The second-order valence-corrected chi connectivity index (χ2v) is 16.9. The highest BCUT2D eigenvalue weighted by molar-refractivity contribution is 5.77. The highest BCUT2D eigenvalue weighted by Gasteiger charge is 2.24. The van der Waals surface area contributed by atoms with E-state index >= 15 is 0 Å². The average molecular weight is 814 g/mol. The first-order valence-electron chi connectivity index (χ1n) is 24.9. The molecule has 0 bridgehead atoms. The van der Waals surface area contributed by atoms with Crippen molar-refractivity contribution in [1.82, 2.24) is 5.32 Å². The molecule has 3 unspecified atom stereocenters. The second-order valence-electron chi connectivity index (χ2n) is 16.9. The van der Waals surface area contributed by atoms with Crippen LogP contribution in [0.4, 0.5) is 0 Å². The molecule has 3 N–H and O–H groups in total. The molecule has 0 saturated carbocycles. The molecule has 0 heterocycles. The number of ether oxygens (including phenoxy) is 1. The van der Waals surface area contributed by atoms with Crippen LogP contribution in [0.2, 0.25) is 0 Å². The molecule has 0 rings (SSSR count). The zero-order valence-corrected chi connectivity index (χ0v) is 38.4. The van der Waals surface area contributed by atoms with Gasteiger partial charge in [0.05, 0.1) is 25.2 Å². The highest BCUT2D eigenvalue weighted by Crippen LogP contribution is 2.16. The van der Waals surface area contributed by atoms with E-state index in [9.17, 15) is 19.8 Å². The molecule has 0 aliphatic rings. The Morgan fingerprint density at radius 2 is 0.897 bits per heavy atom. The van der Waals surface area contributed by atoms with Crippen molar-refractivity contribution in [2.75, 3.05) is 6.61 Å². The molecule has 0 aromatic carbocycles.